The molecule has 3 saturated heterocycles. The largest absolute Gasteiger partial charge is 0.459 e. The molecular formula is C37H57NO11. The van der Waals surface area contributed by atoms with Crippen LogP contribution >= 0.6 is 0 Å². The number of nitrogens with zero attached hydrogens (tertiary/aromatic N) is 1. The minimum atomic E-state index is -2.11. The third-order valence-corrected chi connectivity index (χ3v) is 14.8. The first-order valence-electron chi connectivity index (χ1n) is 18.6. The van der Waals surface area contributed by atoms with Crippen molar-refractivity contribution in [3.8, 4) is 0 Å². The number of rotatable bonds is 5. The van der Waals surface area contributed by atoms with Crippen molar-refractivity contribution in [3.63, 3.8) is 0 Å². The van der Waals surface area contributed by atoms with Gasteiger partial charge in [0.15, 0.2) is 6.10 Å². The summed E-state index contributed by atoms with van der Waals surface area (Å²) in [5, 5.41) is 52.2. The molecule has 12 heteroatoms. The van der Waals surface area contributed by atoms with Gasteiger partial charge in [-0.1, -0.05) is 41.5 Å². The highest BCUT2D eigenvalue weighted by atomic mass is 16.8. The molecule has 7 fully saturated rings. The Morgan fingerprint density at radius 3 is 2.02 bits per heavy atom. The van der Waals surface area contributed by atoms with Gasteiger partial charge in [0.05, 0.1) is 17.4 Å². The van der Waals surface area contributed by atoms with Crippen molar-refractivity contribution in [2.75, 3.05) is 13.1 Å². The molecule has 49 heavy (non-hydrogen) atoms. The fraction of sp³-hybridized carbons (Fsp3) is 0.919. The maximum atomic E-state index is 13.3. The molecule has 0 unspecified atom stereocenters. The fourth-order valence-electron chi connectivity index (χ4n) is 12.4. The molecule has 276 valence electrons. The van der Waals surface area contributed by atoms with Gasteiger partial charge in [-0.3, -0.25) is 19.3 Å². The van der Waals surface area contributed by atoms with Gasteiger partial charge in [0.1, 0.15) is 28.5 Å². The summed E-state index contributed by atoms with van der Waals surface area (Å²) < 4.78 is 25.4. The molecule has 0 aromatic rings. The van der Waals surface area contributed by atoms with Crippen LogP contribution in [0.1, 0.15) is 107 Å². The van der Waals surface area contributed by atoms with E-state index < -0.39 is 105 Å². The van der Waals surface area contributed by atoms with E-state index in [4.69, 9.17) is 18.9 Å². The molecule has 14 atom stereocenters. The Bertz CT molecular complexity index is 1420. The molecular weight excluding hydrogens is 634 g/mol. The third-order valence-electron chi connectivity index (χ3n) is 14.8. The van der Waals surface area contributed by atoms with E-state index in [2.05, 4.69) is 18.7 Å². The van der Waals surface area contributed by atoms with Gasteiger partial charge in [-0.05, 0) is 51.4 Å². The Labute approximate surface area is 289 Å². The zero-order chi connectivity index (χ0) is 35.9. The second-order valence-electron chi connectivity index (χ2n) is 18.0. The minimum Gasteiger partial charge on any atom is -0.459 e. The number of carbonyl (C=O) groups is 3. The van der Waals surface area contributed by atoms with Crippen molar-refractivity contribution in [3.05, 3.63) is 0 Å². The minimum absolute atomic E-state index is 0.107. The van der Waals surface area contributed by atoms with E-state index in [0.717, 1.165) is 6.42 Å². The average Bonchev–Trinajstić information content (AvgIpc) is 3.17. The molecule has 0 radical (unpaired) electrons. The van der Waals surface area contributed by atoms with Gasteiger partial charge in [0.2, 0.25) is 0 Å². The van der Waals surface area contributed by atoms with Crippen LogP contribution in [-0.2, 0) is 33.3 Å². The van der Waals surface area contributed by atoms with Crippen molar-refractivity contribution in [2.24, 2.45) is 40.9 Å². The first-order valence-corrected chi connectivity index (χ1v) is 18.6. The molecule has 4 saturated carbocycles. The number of fused-ring (bicyclic) bond motifs is 5. The van der Waals surface area contributed by atoms with Crippen LogP contribution in [0.4, 0.5) is 0 Å². The van der Waals surface area contributed by atoms with E-state index in [1.165, 1.54) is 6.92 Å². The predicted octanol–water partition coefficient (Wildman–Crippen LogP) is 2.46. The van der Waals surface area contributed by atoms with E-state index in [-0.39, 0.29) is 19.4 Å². The predicted molar refractivity (Wildman–Crippen MR) is 173 cm³/mol. The number of aliphatic hydroxyl groups is 4. The summed E-state index contributed by atoms with van der Waals surface area (Å²) >= 11 is 0. The molecule has 4 aliphatic carbocycles. The number of hydrogen-bond acceptors (Lipinski definition) is 12. The summed E-state index contributed by atoms with van der Waals surface area (Å²) in [6.07, 6.45) is 0.561. The molecule has 0 amide bonds. The molecule has 3 heterocycles. The van der Waals surface area contributed by atoms with Crippen molar-refractivity contribution < 1.29 is 53.8 Å². The van der Waals surface area contributed by atoms with Gasteiger partial charge < -0.3 is 39.4 Å². The molecule has 0 aromatic carbocycles. The highest BCUT2D eigenvalue weighted by Gasteiger charge is 2.90. The maximum Gasteiger partial charge on any atom is 0.308 e. The van der Waals surface area contributed by atoms with Gasteiger partial charge in [0.25, 0.3) is 5.79 Å². The fourth-order valence-corrected chi connectivity index (χ4v) is 12.4. The van der Waals surface area contributed by atoms with E-state index in [9.17, 15) is 34.8 Å². The number of hydrogen-bond donors (Lipinski definition) is 4. The van der Waals surface area contributed by atoms with E-state index in [0.29, 0.717) is 44.6 Å². The topological polar surface area (TPSA) is 172 Å². The zero-order valence-electron chi connectivity index (χ0n) is 30.4. The van der Waals surface area contributed by atoms with E-state index in [1.54, 1.807) is 34.6 Å². The van der Waals surface area contributed by atoms with Crippen LogP contribution in [0.5, 0.6) is 0 Å². The quantitative estimate of drug-likeness (QED) is 0.246. The number of esters is 3. The van der Waals surface area contributed by atoms with Gasteiger partial charge in [0, 0.05) is 62.1 Å². The normalized spacial score (nSPS) is 52.9. The summed E-state index contributed by atoms with van der Waals surface area (Å²) in [5.74, 6) is -6.12. The van der Waals surface area contributed by atoms with Crippen molar-refractivity contribution in [1.29, 1.82) is 0 Å². The monoisotopic (exact) mass is 691 g/mol. The highest BCUT2D eigenvalue weighted by Crippen LogP contribution is 2.79. The summed E-state index contributed by atoms with van der Waals surface area (Å²) in [5.41, 5.74) is -9.82. The average molecular weight is 692 g/mol. The molecule has 4 N–H and O–H groups in total. The Morgan fingerprint density at radius 2 is 1.41 bits per heavy atom. The smallest absolute Gasteiger partial charge is 0.308 e. The van der Waals surface area contributed by atoms with Crippen LogP contribution in [-0.4, -0.2) is 108 Å². The molecule has 0 aromatic heterocycles. The molecule has 12 nitrogen and oxygen atoms in total. The first-order chi connectivity index (χ1) is 22.6. The van der Waals surface area contributed by atoms with Crippen molar-refractivity contribution >= 4 is 17.9 Å². The second-order valence-corrected chi connectivity index (χ2v) is 18.0. The Balaban J connectivity index is 1.39. The first kappa shape index (κ1) is 35.6. The van der Waals surface area contributed by atoms with Crippen molar-refractivity contribution in [1.82, 2.24) is 4.90 Å². The number of piperidine rings is 2. The number of carbonyl (C=O) groups excluding carboxylic acids is 3. The van der Waals surface area contributed by atoms with Crippen LogP contribution < -0.4 is 0 Å². The van der Waals surface area contributed by atoms with Crippen molar-refractivity contribution in [2.45, 2.75) is 159 Å². The molecule has 7 aliphatic rings. The Kier molecular flexibility index (Phi) is 7.88. The standard InChI is InChI=1S/C37H57NO11/c1-19(2)29(40)46-27-13-14-31(7)23-10-11-24-33(43)15-28(47-30(41)20(3)4)36(45)25(17-38-16-21(5)9-12-26(38)32(36,8)42)34(33,44)18-35(24,31)49-37(23,27)48-22(6)39/h19-21,23-28,42-45H,9-18H2,1-8H3/t21-,23-,24-,25-,26-,27-,28-,31-,32+,33+,34+,35+,36-,37-/m0/s1. The Morgan fingerprint density at radius 1 is 0.796 bits per heavy atom. The molecule has 1 spiro atoms. The lowest BCUT2D eigenvalue weighted by Gasteiger charge is -2.68. The van der Waals surface area contributed by atoms with E-state index >= 15 is 0 Å². The number of ether oxygens (including phenoxy) is 4. The molecule has 7 rings (SSSR count). The lowest BCUT2D eigenvalue weighted by atomic mass is 9.48. The van der Waals surface area contributed by atoms with Gasteiger partial charge in [-0.15, -0.1) is 0 Å². The third kappa shape index (κ3) is 4.27. The van der Waals surface area contributed by atoms with Gasteiger partial charge >= 0.3 is 17.9 Å². The summed E-state index contributed by atoms with van der Waals surface area (Å²) in [6.45, 7) is 14.7. The lowest BCUT2D eigenvalue weighted by molar-refractivity contribution is -0.355. The molecule has 3 aliphatic heterocycles. The highest BCUT2D eigenvalue weighted by molar-refractivity contribution is 5.72. The summed E-state index contributed by atoms with van der Waals surface area (Å²) in [4.78, 5) is 41.2. The summed E-state index contributed by atoms with van der Waals surface area (Å²) in [7, 11) is 0. The summed E-state index contributed by atoms with van der Waals surface area (Å²) in [6, 6.07) is -0.450. The zero-order valence-corrected chi connectivity index (χ0v) is 30.4. The SMILES string of the molecule is CC(=O)O[C@]12O[C@]34C[C@@]5(O)[C@@H]6CN7C[C@@H](C)CC[C@H]7[C@@](C)(O)[C@@]6(O)[C@@H](OC(=O)C(C)C)C[C@@]5(O)[C@@H]3CC[C@H]1[C@]4(C)CC[C@@H]2OC(=O)C(C)C. The molecule has 4 bridgehead atoms. The van der Waals surface area contributed by atoms with Crippen LogP contribution in [0, 0.1) is 40.9 Å². The van der Waals surface area contributed by atoms with Crippen LogP contribution in [0.2, 0.25) is 0 Å². The lowest BCUT2D eigenvalue weighted by Crippen LogP contribution is -2.85. The van der Waals surface area contributed by atoms with E-state index in [1.807, 2.05) is 0 Å². The van der Waals surface area contributed by atoms with Crippen LogP contribution in [0.3, 0.4) is 0 Å². The van der Waals surface area contributed by atoms with Gasteiger partial charge in [-0.2, -0.15) is 0 Å². The van der Waals surface area contributed by atoms with Crippen LogP contribution in [0.25, 0.3) is 0 Å². The Hall–Kier alpha value is -1.83. The van der Waals surface area contributed by atoms with Gasteiger partial charge in [-0.25, -0.2) is 0 Å². The second kappa shape index (κ2) is 10.9. The maximum absolute atomic E-state index is 13.3. The van der Waals surface area contributed by atoms with Crippen LogP contribution in [0.15, 0.2) is 0 Å².